The molecule has 2 rings (SSSR count). The maximum absolute atomic E-state index is 12.5. The summed E-state index contributed by atoms with van der Waals surface area (Å²) in [6.07, 6.45) is 1.82. The molecule has 1 fully saturated rings. The highest BCUT2D eigenvalue weighted by Crippen LogP contribution is 2.12. The molecule has 0 bridgehead atoms. The largest absolute Gasteiger partial charge is 0.378 e. The van der Waals surface area contributed by atoms with E-state index in [1.807, 2.05) is 51.9 Å². The lowest BCUT2D eigenvalue weighted by Crippen LogP contribution is -2.54. The van der Waals surface area contributed by atoms with Crippen molar-refractivity contribution >= 4 is 45.8 Å². The van der Waals surface area contributed by atoms with E-state index in [0.29, 0.717) is 32.7 Å². The second-order valence-electron chi connectivity index (χ2n) is 7.71. The molecular formula is C20H37IN6O3S. The van der Waals surface area contributed by atoms with Crippen LogP contribution >= 0.6 is 24.0 Å². The normalized spacial score (nSPS) is 15.7. The second kappa shape index (κ2) is 13.4. The van der Waals surface area contributed by atoms with Crippen LogP contribution in [0.3, 0.4) is 0 Å². The van der Waals surface area contributed by atoms with Gasteiger partial charge in [0.25, 0.3) is 0 Å². The molecule has 0 aliphatic carbocycles. The molecule has 0 unspecified atom stereocenters. The van der Waals surface area contributed by atoms with Crippen LogP contribution in [-0.4, -0.2) is 93.8 Å². The fourth-order valence-corrected chi connectivity index (χ4v) is 4.38. The summed E-state index contributed by atoms with van der Waals surface area (Å²) in [5, 5.41) is 3.32. The minimum Gasteiger partial charge on any atom is -0.378 e. The van der Waals surface area contributed by atoms with Gasteiger partial charge in [-0.05, 0) is 38.5 Å². The monoisotopic (exact) mass is 568 g/mol. The number of halogens is 1. The highest BCUT2D eigenvalue weighted by molar-refractivity contribution is 14.0. The van der Waals surface area contributed by atoms with E-state index in [2.05, 4.69) is 15.2 Å². The van der Waals surface area contributed by atoms with Crippen LogP contribution in [0.15, 0.2) is 23.3 Å². The summed E-state index contributed by atoms with van der Waals surface area (Å²) in [6, 6.07) is 3.99. The number of guanidine groups is 1. The number of nitrogens with one attached hydrogen (secondary N) is 1. The van der Waals surface area contributed by atoms with Crippen LogP contribution < -0.4 is 10.2 Å². The number of hydrogen-bond acceptors (Lipinski definition) is 6. The Morgan fingerprint density at radius 3 is 2.55 bits per heavy atom. The number of piperazine rings is 1. The summed E-state index contributed by atoms with van der Waals surface area (Å²) >= 11 is 0. The van der Waals surface area contributed by atoms with Crippen LogP contribution in [0.25, 0.3) is 0 Å². The highest BCUT2D eigenvalue weighted by Gasteiger charge is 2.28. The molecule has 0 saturated carbocycles. The molecule has 1 aliphatic heterocycles. The minimum atomic E-state index is -3.30. The maximum Gasteiger partial charge on any atom is 0.216 e. The van der Waals surface area contributed by atoms with E-state index in [1.54, 1.807) is 10.5 Å². The summed E-state index contributed by atoms with van der Waals surface area (Å²) in [4.78, 5) is 13.2. The van der Waals surface area contributed by atoms with E-state index in [1.165, 1.54) is 0 Å². The van der Waals surface area contributed by atoms with Gasteiger partial charge in [0.15, 0.2) is 5.96 Å². The van der Waals surface area contributed by atoms with Crippen LogP contribution in [0, 0.1) is 0 Å². The highest BCUT2D eigenvalue weighted by atomic mass is 127. The molecule has 0 radical (unpaired) electrons. The number of hydrogen-bond donors (Lipinski definition) is 1. The van der Waals surface area contributed by atoms with E-state index in [-0.39, 0.29) is 42.4 Å². The first kappa shape index (κ1) is 27.9. The Morgan fingerprint density at radius 1 is 1.29 bits per heavy atom. The van der Waals surface area contributed by atoms with E-state index in [0.717, 1.165) is 23.9 Å². The van der Waals surface area contributed by atoms with Gasteiger partial charge in [-0.15, -0.1) is 24.0 Å². The van der Waals surface area contributed by atoms with Crippen molar-refractivity contribution in [2.24, 2.45) is 4.99 Å². The molecule has 2 heterocycles. The van der Waals surface area contributed by atoms with Gasteiger partial charge in [0.1, 0.15) is 5.82 Å². The SMILES string of the molecule is CCNC(=NCc1ccnc(N(C)C)c1)N1CCN(S(=O)(=O)CCOC(C)C)CC1.I. The van der Waals surface area contributed by atoms with Gasteiger partial charge in [0.2, 0.25) is 10.0 Å². The van der Waals surface area contributed by atoms with E-state index in [9.17, 15) is 8.42 Å². The van der Waals surface area contributed by atoms with Crippen molar-refractivity contribution in [2.75, 3.05) is 64.1 Å². The number of pyridine rings is 1. The molecule has 178 valence electrons. The summed E-state index contributed by atoms with van der Waals surface area (Å²) in [6.45, 7) is 9.47. The molecule has 9 nitrogen and oxygen atoms in total. The molecule has 0 atom stereocenters. The Bertz CT molecular complexity index is 796. The van der Waals surface area contributed by atoms with Gasteiger partial charge in [-0.1, -0.05) is 0 Å². The van der Waals surface area contributed by atoms with E-state index in [4.69, 9.17) is 9.73 Å². The first-order chi connectivity index (χ1) is 14.2. The summed E-state index contributed by atoms with van der Waals surface area (Å²) in [7, 11) is 0.622. The molecule has 31 heavy (non-hydrogen) atoms. The van der Waals surface area contributed by atoms with Crippen molar-refractivity contribution in [3.05, 3.63) is 23.9 Å². The molecule has 0 spiro atoms. The third-order valence-corrected chi connectivity index (χ3v) is 6.57. The first-order valence-corrected chi connectivity index (χ1v) is 12.1. The average molecular weight is 569 g/mol. The Labute approximate surface area is 204 Å². The van der Waals surface area contributed by atoms with Gasteiger partial charge >= 0.3 is 0 Å². The zero-order chi connectivity index (χ0) is 22.1. The molecule has 1 aromatic rings. The quantitative estimate of drug-likeness (QED) is 0.275. The lowest BCUT2D eigenvalue weighted by molar-refractivity contribution is 0.0904. The molecule has 0 amide bonds. The third kappa shape index (κ3) is 9.07. The average Bonchev–Trinajstić information content (AvgIpc) is 2.71. The summed E-state index contributed by atoms with van der Waals surface area (Å²) in [5.41, 5.74) is 1.08. The van der Waals surface area contributed by atoms with Crippen molar-refractivity contribution in [1.82, 2.24) is 19.5 Å². The third-order valence-electron chi connectivity index (χ3n) is 4.74. The number of ether oxygens (including phenoxy) is 1. The molecule has 11 heteroatoms. The second-order valence-corrected chi connectivity index (χ2v) is 9.80. The topological polar surface area (TPSA) is 90.4 Å². The van der Waals surface area contributed by atoms with Crippen molar-refractivity contribution in [3.8, 4) is 0 Å². The van der Waals surface area contributed by atoms with Gasteiger partial charge < -0.3 is 19.9 Å². The maximum atomic E-state index is 12.5. The zero-order valence-electron chi connectivity index (χ0n) is 19.2. The standard InChI is InChI=1S/C20H36N6O3S.HI/c1-6-21-20(23-16-18-7-8-22-19(15-18)24(4)5)25-9-11-26(12-10-25)30(27,28)14-13-29-17(2)3;/h7-8,15,17H,6,9-14,16H2,1-5H3,(H,21,23);1H. The number of sulfonamides is 1. The number of aliphatic imine (C=N–C) groups is 1. The van der Waals surface area contributed by atoms with Crippen molar-refractivity contribution in [1.29, 1.82) is 0 Å². The Kier molecular flexibility index (Phi) is 12.0. The summed E-state index contributed by atoms with van der Waals surface area (Å²) in [5.74, 6) is 1.73. The van der Waals surface area contributed by atoms with Crippen LogP contribution in [-0.2, 0) is 21.3 Å². The molecular weight excluding hydrogens is 531 g/mol. The van der Waals surface area contributed by atoms with Gasteiger partial charge in [-0.3, -0.25) is 0 Å². The Balaban J connectivity index is 0.00000480. The van der Waals surface area contributed by atoms with Crippen LogP contribution in [0.4, 0.5) is 5.82 Å². The smallest absolute Gasteiger partial charge is 0.216 e. The van der Waals surface area contributed by atoms with Crippen molar-refractivity contribution < 1.29 is 13.2 Å². The predicted octanol–water partition coefficient (Wildman–Crippen LogP) is 1.60. The lowest BCUT2D eigenvalue weighted by Gasteiger charge is -2.36. The van der Waals surface area contributed by atoms with Gasteiger partial charge in [-0.25, -0.2) is 18.4 Å². The van der Waals surface area contributed by atoms with Crippen molar-refractivity contribution in [2.45, 2.75) is 33.4 Å². The number of rotatable bonds is 9. The van der Waals surface area contributed by atoms with Crippen molar-refractivity contribution in [3.63, 3.8) is 0 Å². The zero-order valence-corrected chi connectivity index (χ0v) is 22.4. The van der Waals surface area contributed by atoms with Crippen LogP contribution in [0.1, 0.15) is 26.3 Å². The molecule has 1 saturated heterocycles. The molecule has 1 aliphatic rings. The molecule has 0 aromatic carbocycles. The summed E-state index contributed by atoms with van der Waals surface area (Å²) < 4.78 is 32.0. The Morgan fingerprint density at radius 2 is 1.97 bits per heavy atom. The first-order valence-electron chi connectivity index (χ1n) is 10.5. The van der Waals surface area contributed by atoms with Gasteiger partial charge in [-0.2, -0.15) is 4.31 Å². The van der Waals surface area contributed by atoms with E-state index >= 15 is 0 Å². The minimum absolute atomic E-state index is 0. The van der Waals surface area contributed by atoms with Gasteiger partial charge in [0, 0.05) is 53.0 Å². The number of aromatic nitrogens is 1. The number of anilines is 1. The number of nitrogens with zero attached hydrogens (tertiary/aromatic N) is 5. The molecule has 1 N–H and O–H groups in total. The lowest BCUT2D eigenvalue weighted by atomic mass is 10.2. The fraction of sp³-hybridized carbons (Fsp3) is 0.700. The molecule has 1 aromatic heterocycles. The fourth-order valence-electron chi connectivity index (χ4n) is 3.09. The predicted molar refractivity (Wildman–Crippen MR) is 137 cm³/mol. The van der Waals surface area contributed by atoms with Gasteiger partial charge in [0.05, 0.1) is 25.0 Å². The van der Waals surface area contributed by atoms with Crippen LogP contribution in [0.2, 0.25) is 0 Å². The Hall–Kier alpha value is -1.18. The van der Waals surface area contributed by atoms with Crippen LogP contribution in [0.5, 0.6) is 0 Å². The van der Waals surface area contributed by atoms with E-state index < -0.39 is 10.0 Å².